The fourth-order valence-electron chi connectivity index (χ4n) is 1.94. The largest absolute Gasteiger partial charge is 0.316 e. The Morgan fingerprint density at radius 3 is 2.64 bits per heavy atom. The molecule has 1 aliphatic rings. The Morgan fingerprint density at radius 1 is 1.50 bits per heavy atom. The smallest absolute Gasteiger partial charge is 0.277 e. The Kier molecular flexibility index (Phi) is 3.88. The van der Waals surface area contributed by atoms with Gasteiger partial charge < -0.3 is 5.32 Å². The first-order valence-corrected chi connectivity index (χ1v) is 6.44. The maximum absolute atomic E-state index is 11.3. The van der Waals surface area contributed by atoms with Gasteiger partial charge in [0.1, 0.15) is 0 Å². The first-order valence-electron chi connectivity index (χ1n) is 4.93. The van der Waals surface area contributed by atoms with E-state index in [9.17, 15) is 8.42 Å². The molecule has 3 N–H and O–H groups in total. The van der Waals surface area contributed by atoms with Crippen LogP contribution in [0, 0.1) is 0 Å². The van der Waals surface area contributed by atoms with Crippen molar-refractivity contribution in [3.63, 3.8) is 0 Å². The monoisotopic (exact) mass is 221 g/mol. The van der Waals surface area contributed by atoms with E-state index >= 15 is 0 Å². The summed E-state index contributed by atoms with van der Waals surface area (Å²) in [6.07, 6.45) is 2.87. The van der Waals surface area contributed by atoms with Crippen LogP contribution in [-0.4, -0.2) is 38.4 Å². The zero-order chi connectivity index (χ0) is 10.8. The summed E-state index contributed by atoms with van der Waals surface area (Å²) >= 11 is 0. The van der Waals surface area contributed by atoms with E-state index in [0.717, 1.165) is 19.3 Å². The van der Waals surface area contributed by atoms with Crippen LogP contribution >= 0.6 is 0 Å². The minimum Gasteiger partial charge on any atom is -0.316 e. The van der Waals surface area contributed by atoms with Gasteiger partial charge in [-0.2, -0.15) is 12.7 Å². The van der Waals surface area contributed by atoms with Crippen molar-refractivity contribution in [2.45, 2.75) is 38.3 Å². The highest BCUT2D eigenvalue weighted by Crippen LogP contribution is 2.21. The summed E-state index contributed by atoms with van der Waals surface area (Å²) in [7, 11) is -1.70. The van der Waals surface area contributed by atoms with Crippen molar-refractivity contribution in [2.75, 3.05) is 13.6 Å². The van der Waals surface area contributed by atoms with Crippen molar-refractivity contribution in [1.82, 2.24) is 9.62 Å². The van der Waals surface area contributed by atoms with Gasteiger partial charge in [0.2, 0.25) is 0 Å². The first-order chi connectivity index (χ1) is 6.46. The van der Waals surface area contributed by atoms with E-state index in [4.69, 9.17) is 5.14 Å². The number of nitrogens with zero attached hydrogens (tertiary/aromatic N) is 1. The SMILES string of the molecule is CNC(C)C1CCCCN1S(N)(=O)=O. The molecule has 0 aromatic heterocycles. The molecule has 0 saturated carbocycles. The molecule has 1 rings (SSSR count). The summed E-state index contributed by atoms with van der Waals surface area (Å²) in [5.74, 6) is 0. The molecule has 1 heterocycles. The van der Waals surface area contributed by atoms with Crippen molar-refractivity contribution >= 4 is 10.2 Å². The Hall–Kier alpha value is -0.170. The molecule has 2 atom stereocenters. The van der Waals surface area contributed by atoms with Crippen molar-refractivity contribution in [3.05, 3.63) is 0 Å². The highest BCUT2D eigenvalue weighted by atomic mass is 32.2. The Bertz CT molecular complexity index is 278. The van der Waals surface area contributed by atoms with Crippen LogP contribution in [0.4, 0.5) is 0 Å². The van der Waals surface area contributed by atoms with Gasteiger partial charge in [-0.25, -0.2) is 5.14 Å². The van der Waals surface area contributed by atoms with Gasteiger partial charge in [-0.1, -0.05) is 6.42 Å². The zero-order valence-electron chi connectivity index (χ0n) is 8.73. The molecule has 14 heavy (non-hydrogen) atoms. The van der Waals surface area contributed by atoms with Crippen molar-refractivity contribution in [2.24, 2.45) is 5.14 Å². The van der Waals surface area contributed by atoms with Gasteiger partial charge >= 0.3 is 0 Å². The van der Waals surface area contributed by atoms with E-state index in [-0.39, 0.29) is 12.1 Å². The summed E-state index contributed by atoms with van der Waals surface area (Å²) in [5.41, 5.74) is 0. The minimum absolute atomic E-state index is 0.00347. The molecule has 0 aliphatic carbocycles. The fraction of sp³-hybridized carbons (Fsp3) is 1.00. The van der Waals surface area contributed by atoms with Crippen LogP contribution in [0.5, 0.6) is 0 Å². The lowest BCUT2D eigenvalue weighted by molar-refractivity contribution is 0.213. The summed E-state index contributed by atoms with van der Waals surface area (Å²) < 4.78 is 24.0. The van der Waals surface area contributed by atoms with Crippen LogP contribution in [-0.2, 0) is 10.2 Å². The molecule has 0 bridgehead atoms. The number of likely N-dealkylation sites (N-methyl/N-ethyl adjacent to an activating group) is 1. The first kappa shape index (κ1) is 11.9. The van der Waals surface area contributed by atoms with Crippen LogP contribution in [0.15, 0.2) is 0 Å². The molecule has 0 aromatic rings. The van der Waals surface area contributed by atoms with E-state index in [1.54, 1.807) is 0 Å². The van der Waals surface area contributed by atoms with Gasteiger partial charge in [0.25, 0.3) is 10.2 Å². The molecule has 2 unspecified atom stereocenters. The van der Waals surface area contributed by atoms with Gasteiger partial charge in [0.15, 0.2) is 0 Å². The standard InChI is InChI=1S/C8H19N3O2S/c1-7(10-2)8-5-3-4-6-11(8)14(9,12)13/h7-8,10H,3-6H2,1-2H3,(H2,9,12,13). The van der Waals surface area contributed by atoms with Gasteiger partial charge in [0, 0.05) is 18.6 Å². The highest BCUT2D eigenvalue weighted by molar-refractivity contribution is 7.86. The van der Waals surface area contributed by atoms with Crippen molar-refractivity contribution in [3.8, 4) is 0 Å². The second-order valence-corrected chi connectivity index (χ2v) is 5.30. The third-order valence-electron chi connectivity index (χ3n) is 2.86. The molecule has 1 fully saturated rings. The summed E-state index contributed by atoms with van der Waals surface area (Å²) in [6, 6.07) is 0.150. The Balaban J connectivity index is 2.79. The molecule has 0 radical (unpaired) electrons. The molecule has 0 amide bonds. The molecule has 84 valence electrons. The normalized spacial score (nSPS) is 27.5. The lowest BCUT2D eigenvalue weighted by Gasteiger charge is -2.36. The van der Waals surface area contributed by atoms with Crippen LogP contribution in [0.25, 0.3) is 0 Å². The number of hydrogen-bond acceptors (Lipinski definition) is 3. The predicted molar refractivity (Wildman–Crippen MR) is 56.0 cm³/mol. The molecule has 1 saturated heterocycles. The molecule has 5 nitrogen and oxygen atoms in total. The molecule has 0 spiro atoms. The predicted octanol–water partition coefficient (Wildman–Crippen LogP) is -0.348. The van der Waals surface area contributed by atoms with Crippen LogP contribution in [0.3, 0.4) is 0 Å². The summed E-state index contributed by atoms with van der Waals surface area (Å²) in [4.78, 5) is 0. The lowest BCUT2D eigenvalue weighted by atomic mass is 9.99. The maximum Gasteiger partial charge on any atom is 0.277 e. The van der Waals surface area contributed by atoms with Gasteiger partial charge in [-0.3, -0.25) is 0 Å². The number of piperidine rings is 1. The molecular formula is C8H19N3O2S. The van der Waals surface area contributed by atoms with Crippen LogP contribution in [0.1, 0.15) is 26.2 Å². The van der Waals surface area contributed by atoms with Crippen molar-refractivity contribution in [1.29, 1.82) is 0 Å². The van der Waals surface area contributed by atoms with E-state index in [1.165, 1.54) is 4.31 Å². The Labute approximate surface area is 85.8 Å². The topological polar surface area (TPSA) is 75.4 Å². The zero-order valence-corrected chi connectivity index (χ0v) is 9.55. The van der Waals surface area contributed by atoms with Gasteiger partial charge in [-0.05, 0) is 26.8 Å². The molecule has 0 aromatic carbocycles. The minimum atomic E-state index is -3.54. The number of nitrogens with two attached hydrogens (primary N) is 1. The summed E-state index contributed by atoms with van der Waals surface area (Å²) in [6.45, 7) is 2.53. The molecule has 6 heteroatoms. The highest BCUT2D eigenvalue weighted by Gasteiger charge is 2.32. The molecular weight excluding hydrogens is 202 g/mol. The quantitative estimate of drug-likeness (QED) is 0.684. The van der Waals surface area contributed by atoms with Gasteiger partial charge in [0.05, 0.1) is 0 Å². The second-order valence-electron chi connectivity index (χ2n) is 3.80. The van der Waals surface area contributed by atoms with Crippen LogP contribution in [0.2, 0.25) is 0 Å². The van der Waals surface area contributed by atoms with Crippen molar-refractivity contribution < 1.29 is 8.42 Å². The third-order valence-corrected chi connectivity index (χ3v) is 3.96. The third kappa shape index (κ3) is 2.66. The fourth-order valence-corrected chi connectivity index (χ4v) is 2.99. The Morgan fingerprint density at radius 2 is 2.14 bits per heavy atom. The van der Waals surface area contributed by atoms with Gasteiger partial charge in [-0.15, -0.1) is 0 Å². The number of hydrogen-bond donors (Lipinski definition) is 2. The second kappa shape index (κ2) is 4.57. The van der Waals surface area contributed by atoms with Crippen LogP contribution < -0.4 is 10.5 Å². The van der Waals surface area contributed by atoms with E-state index in [0.29, 0.717) is 6.54 Å². The average Bonchev–Trinajstić information content (AvgIpc) is 2.15. The van der Waals surface area contributed by atoms with E-state index in [2.05, 4.69) is 5.32 Å². The number of nitrogens with one attached hydrogen (secondary N) is 1. The number of rotatable bonds is 3. The average molecular weight is 221 g/mol. The van der Waals surface area contributed by atoms with E-state index in [1.807, 2.05) is 14.0 Å². The van der Waals surface area contributed by atoms with E-state index < -0.39 is 10.2 Å². The lowest BCUT2D eigenvalue weighted by Crippen LogP contribution is -2.54. The maximum atomic E-state index is 11.3. The molecule has 1 aliphatic heterocycles. The summed E-state index contributed by atoms with van der Waals surface area (Å²) in [5, 5.41) is 8.24.